The zero-order valence-electron chi connectivity index (χ0n) is 15.9. The fraction of sp³-hybridized carbons (Fsp3) is 0.550. The highest BCUT2D eigenvalue weighted by atomic mass is 16.5. The minimum atomic E-state index is -0.795. The number of rotatable bonds is 6. The van der Waals surface area contributed by atoms with E-state index in [0.717, 1.165) is 35.5 Å². The van der Waals surface area contributed by atoms with Gasteiger partial charge in [0.2, 0.25) is 5.91 Å². The van der Waals surface area contributed by atoms with Gasteiger partial charge in [0.15, 0.2) is 0 Å². The molecule has 146 valence electrons. The minimum absolute atomic E-state index is 0.238. The van der Waals surface area contributed by atoms with Crippen molar-refractivity contribution in [2.75, 3.05) is 13.2 Å². The Morgan fingerprint density at radius 3 is 2.52 bits per heavy atom. The van der Waals surface area contributed by atoms with Crippen LogP contribution in [-0.4, -0.2) is 41.4 Å². The third kappa shape index (κ3) is 4.07. The van der Waals surface area contributed by atoms with Crippen molar-refractivity contribution in [3.8, 4) is 5.75 Å². The first-order chi connectivity index (χ1) is 12.9. The van der Waals surface area contributed by atoms with Gasteiger partial charge in [-0.3, -0.25) is 14.5 Å². The molecule has 3 rings (SSSR count). The van der Waals surface area contributed by atoms with Crippen LogP contribution in [0.4, 0.5) is 4.79 Å². The maximum atomic E-state index is 12.7. The highest BCUT2D eigenvalue weighted by Crippen LogP contribution is 2.33. The Balaban J connectivity index is 1.58. The largest absolute Gasteiger partial charge is 0.494 e. The smallest absolute Gasteiger partial charge is 0.325 e. The lowest BCUT2D eigenvalue weighted by Crippen LogP contribution is -2.49. The topological polar surface area (TPSA) is 87.7 Å². The quantitative estimate of drug-likeness (QED) is 0.750. The molecule has 4 amide bonds. The van der Waals surface area contributed by atoms with Crippen LogP contribution >= 0.6 is 0 Å². The molecule has 7 nitrogen and oxygen atoms in total. The molecule has 2 aliphatic rings. The minimum Gasteiger partial charge on any atom is -0.494 e. The molecule has 1 aromatic rings. The van der Waals surface area contributed by atoms with E-state index in [4.69, 9.17) is 4.74 Å². The molecular weight excluding hydrogens is 346 g/mol. The van der Waals surface area contributed by atoms with E-state index >= 15 is 0 Å². The van der Waals surface area contributed by atoms with E-state index in [1.807, 2.05) is 38.1 Å². The molecule has 1 aliphatic carbocycles. The number of hydrogen-bond donors (Lipinski definition) is 2. The van der Waals surface area contributed by atoms with E-state index in [2.05, 4.69) is 10.6 Å². The van der Waals surface area contributed by atoms with Gasteiger partial charge in [-0.25, -0.2) is 4.79 Å². The van der Waals surface area contributed by atoms with Crippen LogP contribution in [0.25, 0.3) is 0 Å². The van der Waals surface area contributed by atoms with Crippen molar-refractivity contribution < 1.29 is 19.1 Å². The van der Waals surface area contributed by atoms with Crippen LogP contribution < -0.4 is 15.4 Å². The van der Waals surface area contributed by atoms with Gasteiger partial charge in [0.25, 0.3) is 5.91 Å². The molecule has 2 N–H and O–H groups in total. The summed E-state index contributed by atoms with van der Waals surface area (Å²) in [5, 5.41) is 5.67. The van der Waals surface area contributed by atoms with Crippen molar-refractivity contribution in [2.24, 2.45) is 0 Å². The first-order valence-corrected chi connectivity index (χ1v) is 9.61. The van der Waals surface area contributed by atoms with Crippen LogP contribution in [0.5, 0.6) is 5.75 Å². The van der Waals surface area contributed by atoms with E-state index in [-0.39, 0.29) is 24.4 Å². The Morgan fingerprint density at radius 1 is 1.22 bits per heavy atom. The van der Waals surface area contributed by atoms with Gasteiger partial charge in [-0.2, -0.15) is 0 Å². The second kappa shape index (κ2) is 7.98. The van der Waals surface area contributed by atoms with Gasteiger partial charge in [0, 0.05) is 0 Å². The lowest BCUT2D eigenvalue weighted by atomic mass is 9.82. The van der Waals surface area contributed by atoms with E-state index in [1.54, 1.807) is 0 Å². The predicted octanol–water partition coefficient (Wildman–Crippen LogP) is 2.52. The molecule has 1 aliphatic heterocycles. The summed E-state index contributed by atoms with van der Waals surface area (Å²) in [6.45, 7) is 4.12. The van der Waals surface area contributed by atoms with Crippen LogP contribution in [0.2, 0.25) is 0 Å². The number of carbonyl (C=O) groups is 3. The highest BCUT2D eigenvalue weighted by Gasteiger charge is 2.51. The Morgan fingerprint density at radius 2 is 1.89 bits per heavy atom. The second-order valence-corrected chi connectivity index (χ2v) is 7.26. The molecule has 0 bridgehead atoms. The number of ether oxygens (including phenoxy) is 1. The first-order valence-electron chi connectivity index (χ1n) is 9.61. The average Bonchev–Trinajstić information content (AvgIpc) is 2.87. The van der Waals surface area contributed by atoms with E-state index in [9.17, 15) is 14.4 Å². The second-order valence-electron chi connectivity index (χ2n) is 7.26. The molecule has 1 saturated heterocycles. The summed E-state index contributed by atoms with van der Waals surface area (Å²) in [4.78, 5) is 38.4. The fourth-order valence-electron chi connectivity index (χ4n) is 3.85. The molecule has 1 saturated carbocycles. The number of carbonyl (C=O) groups excluding carboxylic acids is 3. The summed E-state index contributed by atoms with van der Waals surface area (Å²) < 4.78 is 5.41. The summed E-state index contributed by atoms with van der Waals surface area (Å²) in [5.41, 5.74) is 0.129. The molecule has 0 aromatic heterocycles. The Bertz CT molecular complexity index is 710. The summed E-state index contributed by atoms with van der Waals surface area (Å²) in [5.74, 6) is 0.153. The third-order valence-electron chi connectivity index (χ3n) is 5.32. The van der Waals surface area contributed by atoms with E-state index < -0.39 is 11.6 Å². The molecule has 27 heavy (non-hydrogen) atoms. The number of nitrogens with zero attached hydrogens (tertiary/aromatic N) is 1. The number of hydrogen-bond acceptors (Lipinski definition) is 4. The SMILES string of the molecule is CCOc1ccc([C@H](C)NC(=O)CN2C(=O)NC3(CCCCC3)C2=O)cc1. The van der Waals surface area contributed by atoms with Gasteiger partial charge >= 0.3 is 6.03 Å². The van der Waals surface area contributed by atoms with Gasteiger partial charge in [0.05, 0.1) is 12.6 Å². The number of imide groups is 1. The normalized spacial score (nSPS) is 19.7. The van der Waals surface area contributed by atoms with Crippen LogP contribution in [0.3, 0.4) is 0 Å². The zero-order valence-corrected chi connectivity index (χ0v) is 15.9. The lowest BCUT2D eigenvalue weighted by molar-refractivity contribution is -0.136. The summed E-state index contributed by atoms with van der Waals surface area (Å²) in [6.07, 6.45) is 4.21. The van der Waals surface area contributed by atoms with Gasteiger partial charge < -0.3 is 15.4 Å². The molecule has 2 fully saturated rings. The van der Waals surface area contributed by atoms with Crippen LogP contribution in [0.1, 0.15) is 57.6 Å². The standard InChI is InChI=1S/C20H27N3O4/c1-3-27-16-9-7-15(8-10-16)14(2)21-17(24)13-23-18(25)20(22-19(23)26)11-5-4-6-12-20/h7-10,14H,3-6,11-13H2,1-2H3,(H,21,24)(H,22,26)/t14-/m0/s1. The number of benzene rings is 1. The van der Waals surface area contributed by atoms with Crippen LogP contribution in [0, 0.1) is 0 Å². The summed E-state index contributed by atoms with van der Waals surface area (Å²) in [6, 6.07) is 6.78. The number of amides is 4. The van der Waals surface area contributed by atoms with Crippen molar-refractivity contribution in [3.05, 3.63) is 29.8 Å². The molecule has 0 unspecified atom stereocenters. The third-order valence-corrected chi connectivity index (χ3v) is 5.32. The predicted molar refractivity (Wildman–Crippen MR) is 100 cm³/mol. The first kappa shape index (κ1) is 19.2. The van der Waals surface area contributed by atoms with Gasteiger partial charge in [0.1, 0.15) is 17.8 Å². The molecule has 1 atom stereocenters. The Kier molecular flexibility index (Phi) is 5.68. The zero-order chi connectivity index (χ0) is 19.4. The van der Waals surface area contributed by atoms with Crippen LogP contribution in [-0.2, 0) is 9.59 Å². The van der Waals surface area contributed by atoms with E-state index in [1.165, 1.54) is 0 Å². The van der Waals surface area contributed by atoms with Crippen molar-refractivity contribution in [1.82, 2.24) is 15.5 Å². The van der Waals surface area contributed by atoms with Gasteiger partial charge in [-0.1, -0.05) is 31.4 Å². The molecule has 1 spiro atoms. The van der Waals surface area contributed by atoms with E-state index in [0.29, 0.717) is 19.4 Å². The maximum absolute atomic E-state index is 12.7. The molecule has 1 aromatic carbocycles. The van der Waals surface area contributed by atoms with Gasteiger partial charge in [-0.05, 0) is 44.4 Å². The average molecular weight is 373 g/mol. The van der Waals surface area contributed by atoms with Crippen LogP contribution in [0.15, 0.2) is 24.3 Å². The van der Waals surface area contributed by atoms with Crippen molar-refractivity contribution in [3.63, 3.8) is 0 Å². The highest BCUT2D eigenvalue weighted by molar-refractivity contribution is 6.09. The molecule has 7 heteroatoms. The Labute approximate surface area is 159 Å². The Hall–Kier alpha value is -2.57. The van der Waals surface area contributed by atoms with Crippen molar-refractivity contribution in [1.29, 1.82) is 0 Å². The number of urea groups is 1. The fourth-order valence-corrected chi connectivity index (χ4v) is 3.85. The summed E-state index contributed by atoms with van der Waals surface area (Å²) in [7, 11) is 0. The summed E-state index contributed by atoms with van der Waals surface area (Å²) >= 11 is 0. The van der Waals surface area contributed by atoms with Gasteiger partial charge in [-0.15, -0.1) is 0 Å². The maximum Gasteiger partial charge on any atom is 0.325 e. The molecule has 0 radical (unpaired) electrons. The molecule has 1 heterocycles. The monoisotopic (exact) mass is 373 g/mol. The van der Waals surface area contributed by atoms with Crippen molar-refractivity contribution in [2.45, 2.75) is 57.5 Å². The number of nitrogens with one attached hydrogen (secondary N) is 2. The lowest BCUT2D eigenvalue weighted by Gasteiger charge is -2.30. The van der Waals surface area contributed by atoms with Crippen molar-refractivity contribution >= 4 is 17.8 Å². The molecular formula is C20H27N3O4.